The molecule has 1 aliphatic carbocycles. The highest BCUT2D eigenvalue weighted by molar-refractivity contribution is 7.86. The minimum Gasteiger partial charge on any atom is -0.383 e. The lowest BCUT2D eigenvalue weighted by Gasteiger charge is -2.29. The average molecular weight is 355 g/mol. The molecular formula is C15H25N5O3S. The van der Waals surface area contributed by atoms with Crippen LogP contribution in [0.2, 0.25) is 0 Å². The molecule has 0 aromatic carbocycles. The van der Waals surface area contributed by atoms with Gasteiger partial charge in [0.2, 0.25) is 0 Å². The van der Waals surface area contributed by atoms with E-state index in [2.05, 4.69) is 10.1 Å². The first-order chi connectivity index (χ1) is 11.6. The van der Waals surface area contributed by atoms with Gasteiger partial charge in [0.15, 0.2) is 5.82 Å². The number of hydrogen-bond acceptors (Lipinski definition) is 5. The molecule has 0 radical (unpaired) electrons. The fraction of sp³-hybridized carbons (Fsp3) is 0.867. The van der Waals surface area contributed by atoms with Gasteiger partial charge in [-0.3, -0.25) is 0 Å². The topological polar surface area (TPSA) is 80.6 Å². The van der Waals surface area contributed by atoms with Gasteiger partial charge in [-0.1, -0.05) is 0 Å². The standard InChI is InChI=1S/C15H25N5O3S/c1-23-11-13-3-2-7-20(13)24(21,22)18-8-6-14-16-15(12-4-5-12)17-19(14)10-9-18/h12-13H,2-11H2,1H3. The Balaban J connectivity index is 1.47. The summed E-state index contributed by atoms with van der Waals surface area (Å²) in [6.07, 6.45) is 4.76. The molecule has 3 heterocycles. The molecular weight excluding hydrogens is 330 g/mol. The minimum absolute atomic E-state index is 0.0418. The van der Waals surface area contributed by atoms with Crippen LogP contribution in [0.15, 0.2) is 0 Å². The first kappa shape index (κ1) is 16.4. The summed E-state index contributed by atoms with van der Waals surface area (Å²) < 4.78 is 36.4. The first-order valence-electron chi connectivity index (χ1n) is 8.79. The smallest absolute Gasteiger partial charge is 0.282 e. The van der Waals surface area contributed by atoms with Crippen molar-refractivity contribution in [3.8, 4) is 0 Å². The summed E-state index contributed by atoms with van der Waals surface area (Å²) in [6, 6.07) is -0.0418. The lowest BCUT2D eigenvalue weighted by atomic mass is 10.2. The zero-order valence-electron chi connectivity index (χ0n) is 14.1. The van der Waals surface area contributed by atoms with E-state index < -0.39 is 10.2 Å². The predicted octanol–water partition coefficient (Wildman–Crippen LogP) is 0.369. The van der Waals surface area contributed by atoms with E-state index in [9.17, 15) is 8.42 Å². The number of hydrogen-bond donors (Lipinski definition) is 0. The lowest BCUT2D eigenvalue weighted by molar-refractivity contribution is 0.145. The minimum atomic E-state index is -3.45. The van der Waals surface area contributed by atoms with Crippen molar-refractivity contribution in [2.24, 2.45) is 0 Å². The zero-order valence-corrected chi connectivity index (χ0v) is 14.9. The molecule has 1 aromatic heterocycles. The average Bonchev–Trinajstić information content (AvgIpc) is 3.22. The van der Waals surface area contributed by atoms with Crippen LogP contribution in [-0.2, 0) is 27.9 Å². The van der Waals surface area contributed by atoms with Crippen LogP contribution in [0.4, 0.5) is 0 Å². The summed E-state index contributed by atoms with van der Waals surface area (Å²) >= 11 is 0. The molecule has 4 rings (SSSR count). The van der Waals surface area contributed by atoms with E-state index in [1.165, 1.54) is 12.8 Å². The fourth-order valence-corrected chi connectivity index (χ4v) is 5.50. The molecule has 1 unspecified atom stereocenters. The second-order valence-electron chi connectivity index (χ2n) is 6.90. The Morgan fingerprint density at radius 3 is 2.75 bits per heavy atom. The van der Waals surface area contributed by atoms with Crippen molar-refractivity contribution in [3.63, 3.8) is 0 Å². The third-order valence-corrected chi connectivity index (χ3v) is 7.25. The number of fused-ring (bicyclic) bond motifs is 1. The van der Waals surface area contributed by atoms with Crippen LogP contribution in [-0.4, -0.2) is 71.2 Å². The van der Waals surface area contributed by atoms with Crippen LogP contribution in [0.5, 0.6) is 0 Å². The van der Waals surface area contributed by atoms with Crippen LogP contribution < -0.4 is 0 Å². The van der Waals surface area contributed by atoms with Gasteiger partial charge in [0.1, 0.15) is 5.82 Å². The number of methoxy groups -OCH3 is 1. The summed E-state index contributed by atoms with van der Waals surface area (Å²) in [5.74, 6) is 2.40. The van der Waals surface area contributed by atoms with E-state index in [0.29, 0.717) is 45.1 Å². The molecule has 2 aliphatic heterocycles. The molecule has 2 fully saturated rings. The number of ether oxygens (including phenoxy) is 1. The number of rotatable bonds is 5. The van der Waals surface area contributed by atoms with Crippen LogP contribution >= 0.6 is 0 Å². The Labute approximate surface area is 143 Å². The van der Waals surface area contributed by atoms with E-state index in [-0.39, 0.29) is 6.04 Å². The highest BCUT2D eigenvalue weighted by atomic mass is 32.2. The number of nitrogens with zero attached hydrogens (tertiary/aromatic N) is 5. The van der Waals surface area contributed by atoms with E-state index in [0.717, 1.165) is 24.5 Å². The van der Waals surface area contributed by atoms with Gasteiger partial charge >= 0.3 is 0 Å². The molecule has 134 valence electrons. The van der Waals surface area contributed by atoms with Crippen molar-refractivity contribution >= 4 is 10.2 Å². The quantitative estimate of drug-likeness (QED) is 0.762. The molecule has 1 saturated carbocycles. The van der Waals surface area contributed by atoms with Gasteiger partial charge < -0.3 is 4.74 Å². The van der Waals surface area contributed by atoms with Crippen LogP contribution in [0.1, 0.15) is 43.3 Å². The van der Waals surface area contributed by atoms with Gasteiger partial charge in [-0.15, -0.1) is 0 Å². The molecule has 3 aliphatic rings. The molecule has 9 heteroatoms. The van der Waals surface area contributed by atoms with Crippen molar-refractivity contribution < 1.29 is 13.2 Å². The largest absolute Gasteiger partial charge is 0.383 e. The van der Waals surface area contributed by atoms with Crippen molar-refractivity contribution in [1.29, 1.82) is 0 Å². The van der Waals surface area contributed by atoms with E-state index in [1.807, 2.05) is 4.68 Å². The van der Waals surface area contributed by atoms with Crippen molar-refractivity contribution in [2.45, 2.75) is 50.6 Å². The summed E-state index contributed by atoms with van der Waals surface area (Å²) in [4.78, 5) is 4.63. The predicted molar refractivity (Wildman–Crippen MR) is 87.8 cm³/mol. The Morgan fingerprint density at radius 2 is 2.00 bits per heavy atom. The molecule has 0 N–H and O–H groups in total. The normalized spacial score (nSPS) is 26.5. The number of aromatic nitrogens is 3. The molecule has 1 atom stereocenters. The lowest BCUT2D eigenvalue weighted by Crippen LogP contribution is -2.48. The highest BCUT2D eigenvalue weighted by Crippen LogP contribution is 2.38. The molecule has 1 aromatic rings. The SMILES string of the molecule is COCC1CCCN1S(=O)(=O)N1CCc2nc(C3CC3)nn2CC1. The summed E-state index contributed by atoms with van der Waals surface area (Å²) in [5, 5.41) is 4.58. The second-order valence-corrected chi connectivity index (χ2v) is 8.78. The molecule has 0 bridgehead atoms. The Bertz CT molecular complexity index is 674. The zero-order chi connectivity index (χ0) is 16.7. The van der Waals surface area contributed by atoms with Crippen LogP contribution in [0.3, 0.4) is 0 Å². The maximum Gasteiger partial charge on any atom is 0.282 e. The highest BCUT2D eigenvalue weighted by Gasteiger charge is 2.39. The third kappa shape index (κ3) is 2.98. The monoisotopic (exact) mass is 355 g/mol. The molecule has 0 amide bonds. The molecule has 0 spiro atoms. The van der Waals surface area contributed by atoms with Gasteiger partial charge in [-0.2, -0.15) is 22.1 Å². The van der Waals surface area contributed by atoms with Gasteiger partial charge in [-0.05, 0) is 25.7 Å². The fourth-order valence-electron chi connectivity index (χ4n) is 3.67. The van der Waals surface area contributed by atoms with Crippen LogP contribution in [0, 0.1) is 0 Å². The maximum atomic E-state index is 13.0. The van der Waals surface area contributed by atoms with Crippen molar-refractivity contribution in [1.82, 2.24) is 23.4 Å². The van der Waals surface area contributed by atoms with Crippen LogP contribution in [0.25, 0.3) is 0 Å². The van der Waals surface area contributed by atoms with E-state index in [1.54, 1.807) is 15.7 Å². The Morgan fingerprint density at radius 1 is 1.17 bits per heavy atom. The van der Waals surface area contributed by atoms with Gasteiger partial charge in [-0.25, -0.2) is 9.67 Å². The first-order valence-corrected chi connectivity index (χ1v) is 10.2. The second kappa shape index (κ2) is 6.36. The van der Waals surface area contributed by atoms with E-state index >= 15 is 0 Å². The molecule has 8 nitrogen and oxygen atoms in total. The van der Waals surface area contributed by atoms with Gasteiger partial charge in [0.25, 0.3) is 10.2 Å². The summed E-state index contributed by atoms with van der Waals surface area (Å²) in [5.41, 5.74) is 0. The molecule has 24 heavy (non-hydrogen) atoms. The Hall–Kier alpha value is -1.03. The maximum absolute atomic E-state index is 13.0. The summed E-state index contributed by atoms with van der Waals surface area (Å²) in [7, 11) is -1.83. The van der Waals surface area contributed by atoms with E-state index in [4.69, 9.17) is 4.74 Å². The van der Waals surface area contributed by atoms with Crippen molar-refractivity contribution in [3.05, 3.63) is 11.6 Å². The van der Waals surface area contributed by atoms with Gasteiger partial charge in [0.05, 0.1) is 13.2 Å². The Kier molecular flexibility index (Phi) is 4.36. The third-order valence-electron chi connectivity index (χ3n) is 5.16. The summed E-state index contributed by atoms with van der Waals surface area (Å²) in [6.45, 7) is 2.56. The van der Waals surface area contributed by atoms with Gasteiger partial charge in [0, 0.05) is 45.1 Å². The van der Waals surface area contributed by atoms with Crippen molar-refractivity contribution in [2.75, 3.05) is 33.4 Å². The molecule has 1 saturated heterocycles.